The van der Waals surface area contributed by atoms with Crippen molar-refractivity contribution < 1.29 is 5.11 Å². The molecule has 4 N–H and O–H groups in total. The van der Waals surface area contributed by atoms with Crippen molar-refractivity contribution in [2.45, 2.75) is 6.42 Å². The Balaban J connectivity index is 2.13. The average Bonchev–Trinajstić information content (AvgIpc) is 2.92. The fourth-order valence-electron chi connectivity index (χ4n) is 1.80. The molecule has 17 heavy (non-hydrogen) atoms. The van der Waals surface area contributed by atoms with Crippen LogP contribution in [0.1, 0.15) is 6.42 Å². The molecule has 7 heteroatoms. The van der Waals surface area contributed by atoms with Crippen LogP contribution in [-0.4, -0.2) is 31.2 Å². The van der Waals surface area contributed by atoms with Crippen molar-refractivity contribution in [3.05, 3.63) is 16.5 Å². The molecule has 1 unspecified atom stereocenters. The van der Waals surface area contributed by atoms with Crippen LogP contribution in [0.3, 0.4) is 0 Å². The third-order valence-corrected chi connectivity index (χ3v) is 3.12. The minimum Gasteiger partial charge on any atom is -0.396 e. The maximum atomic E-state index is 8.99. The van der Waals surface area contributed by atoms with Gasteiger partial charge < -0.3 is 15.8 Å². The average molecular weight is 249 g/mol. The molecule has 0 spiro atoms. The van der Waals surface area contributed by atoms with Crippen LogP contribution in [0.25, 0.3) is 17.4 Å². The molecule has 1 aliphatic carbocycles. The second kappa shape index (κ2) is 3.64. The number of fused-ring (bicyclic) bond motifs is 1. The van der Waals surface area contributed by atoms with Gasteiger partial charge in [-0.3, -0.25) is 4.57 Å². The third-order valence-electron chi connectivity index (χ3n) is 2.84. The highest BCUT2D eigenvalue weighted by molar-refractivity contribution is 7.71. The van der Waals surface area contributed by atoms with Gasteiger partial charge >= 0.3 is 0 Å². The lowest BCUT2D eigenvalue weighted by Gasteiger charge is -1.98. The Hall–Kier alpha value is -1.73. The molecule has 2 heterocycles. The van der Waals surface area contributed by atoms with Gasteiger partial charge in [0.25, 0.3) is 0 Å². The van der Waals surface area contributed by atoms with Crippen molar-refractivity contribution in [2.75, 3.05) is 12.3 Å². The summed E-state index contributed by atoms with van der Waals surface area (Å²) in [5.41, 5.74) is 8.18. The molecule has 0 radical (unpaired) electrons. The van der Waals surface area contributed by atoms with E-state index in [4.69, 9.17) is 23.1 Å². The van der Waals surface area contributed by atoms with Crippen LogP contribution >= 0.6 is 12.2 Å². The number of nitrogens with two attached hydrogens (primary N) is 1. The Bertz CT molecular complexity index is 671. The second-order valence-corrected chi connectivity index (χ2v) is 4.45. The summed E-state index contributed by atoms with van der Waals surface area (Å²) in [6, 6.07) is 0. The number of rotatable bonds is 2. The number of aromatic amines is 1. The van der Waals surface area contributed by atoms with E-state index in [-0.39, 0.29) is 18.5 Å². The van der Waals surface area contributed by atoms with Gasteiger partial charge in [-0.05, 0) is 12.0 Å². The summed E-state index contributed by atoms with van der Waals surface area (Å²) >= 11 is 5.08. The number of hydrogen-bond donors (Lipinski definition) is 3. The van der Waals surface area contributed by atoms with E-state index < -0.39 is 0 Å². The summed E-state index contributed by atoms with van der Waals surface area (Å²) in [6.45, 7) is 0.193. The second-order valence-electron chi connectivity index (χ2n) is 4.06. The summed E-state index contributed by atoms with van der Waals surface area (Å²) < 4.78 is 2.22. The molecule has 0 amide bonds. The number of anilines is 1. The van der Waals surface area contributed by atoms with Crippen LogP contribution in [0.2, 0.25) is 0 Å². The largest absolute Gasteiger partial charge is 0.396 e. The van der Waals surface area contributed by atoms with Crippen LogP contribution in [0.5, 0.6) is 0 Å². The van der Waals surface area contributed by atoms with Gasteiger partial charge in [0.05, 0.1) is 0 Å². The first-order valence-electron chi connectivity index (χ1n) is 5.23. The zero-order valence-corrected chi connectivity index (χ0v) is 9.74. The monoisotopic (exact) mass is 249 g/mol. The van der Waals surface area contributed by atoms with Crippen LogP contribution < -0.4 is 5.73 Å². The summed E-state index contributed by atoms with van der Waals surface area (Å²) in [5.74, 6) is 0.562. The Kier molecular flexibility index (Phi) is 2.23. The highest BCUT2D eigenvalue weighted by Gasteiger charge is 2.28. The molecule has 1 atom stereocenters. The van der Waals surface area contributed by atoms with Crippen LogP contribution in [0.15, 0.2) is 11.9 Å². The number of imidazole rings is 1. The molecule has 0 aliphatic heterocycles. The summed E-state index contributed by atoms with van der Waals surface area (Å²) in [7, 11) is 0. The molecule has 6 nitrogen and oxygen atoms in total. The molecule has 0 aromatic carbocycles. The van der Waals surface area contributed by atoms with Crippen molar-refractivity contribution in [1.82, 2.24) is 19.5 Å². The van der Waals surface area contributed by atoms with Crippen LogP contribution in [0, 0.1) is 10.6 Å². The minimum absolute atomic E-state index is 0.193. The Morgan fingerprint density at radius 3 is 3.24 bits per heavy atom. The van der Waals surface area contributed by atoms with E-state index in [1.165, 1.54) is 5.57 Å². The predicted molar refractivity (Wildman–Crippen MR) is 66.6 cm³/mol. The predicted octanol–water partition coefficient (Wildman–Crippen LogP) is 0.924. The zero-order chi connectivity index (χ0) is 12.0. The lowest BCUT2D eigenvalue weighted by molar-refractivity contribution is 0.281. The van der Waals surface area contributed by atoms with Gasteiger partial charge in [0.1, 0.15) is 17.5 Å². The van der Waals surface area contributed by atoms with E-state index >= 15 is 0 Å². The van der Waals surface area contributed by atoms with Crippen molar-refractivity contribution in [2.24, 2.45) is 5.92 Å². The number of aliphatic hydroxyl groups is 1. The Morgan fingerprint density at radius 2 is 2.53 bits per heavy atom. The number of H-pyrrole nitrogens is 1. The number of nitrogens with zero attached hydrogens (tertiary/aromatic N) is 3. The number of hydrogen-bond acceptors (Lipinski definition) is 5. The van der Waals surface area contributed by atoms with E-state index in [0.29, 0.717) is 10.2 Å². The molecular weight excluding hydrogens is 238 g/mol. The molecular formula is C10H11N5OS. The topological polar surface area (TPSA) is 92.8 Å². The normalized spacial score (nSPS) is 21.2. The first-order valence-corrected chi connectivity index (χ1v) is 5.63. The van der Waals surface area contributed by atoms with Crippen molar-refractivity contribution >= 4 is 35.5 Å². The van der Waals surface area contributed by atoms with Crippen LogP contribution in [0.4, 0.5) is 5.95 Å². The summed E-state index contributed by atoms with van der Waals surface area (Å²) in [6.07, 6.45) is 4.54. The van der Waals surface area contributed by atoms with Gasteiger partial charge in [-0.2, -0.15) is 0 Å². The minimum atomic E-state index is 0.193. The molecule has 0 bridgehead atoms. The van der Waals surface area contributed by atoms with Gasteiger partial charge in [0, 0.05) is 18.7 Å². The fourth-order valence-corrected chi connectivity index (χ4v) is 2.04. The SMILES string of the molecule is Nc1nc(=S)c2ncn(/C=C3\CC3CO)c2[nH]1. The molecule has 0 saturated heterocycles. The van der Waals surface area contributed by atoms with E-state index in [9.17, 15) is 0 Å². The van der Waals surface area contributed by atoms with Crippen molar-refractivity contribution in [3.63, 3.8) is 0 Å². The highest BCUT2D eigenvalue weighted by Crippen LogP contribution is 2.37. The fraction of sp³-hybridized carbons (Fsp3) is 0.300. The van der Waals surface area contributed by atoms with Crippen molar-refractivity contribution in [3.8, 4) is 0 Å². The Labute approximate surface area is 102 Å². The van der Waals surface area contributed by atoms with Gasteiger partial charge in [0.2, 0.25) is 0 Å². The highest BCUT2D eigenvalue weighted by atomic mass is 32.1. The maximum Gasteiger partial charge on any atom is 0.200 e. The number of nitrogen functional groups attached to an aromatic ring is 1. The van der Waals surface area contributed by atoms with E-state index in [2.05, 4.69) is 15.0 Å². The lowest BCUT2D eigenvalue weighted by Crippen LogP contribution is -1.97. The zero-order valence-electron chi connectivity index (χ0n) is 8.92. The van der Waals surface area contributed by atoms with Gasteiger partial charge in [-0.1, -0.05) is 12.2 Å². The van der Waals surface area contributed by atoms with Gasteiger partial charge in [0.15, 0.2) is 10.6 Å². The van der Waals surface area contributed by atoms with Gasteiger partial charge in [-0.25, -0.2) is 9.97 Å². The van der Waals surface area contributed by atoms with E-state index in [1.54, 1.807) is 6.33 Å². The number of nitrogens with one attached hydrogen (secondary N) is 1. The van der Waals surface area contributed by atoms with Crippen LogP contribution in [-0.2, 0) is 0 Å². The molecule has 1 aliphatic rings. The summed E-state index contributed by atoms with van der Waals surface area (Å²) in [5, 5.41) is 8.99. The first kappa shape index (κ1) is 10.4. The standard InChI is InChI=1S/C10H11N5OS/c11-10-13-8-7(9(17)14-10)12-4-15(8)2-5-1-6(5)3-16/h2,4,6,16H,1,3H2,(H3,11,13,14,17)/b5-2+. The van der Waals surface area contributed by atoms with Gasteiger partial charge in [-0.15, -0.1) is 0 Å². The number of aromatic nitrogens is 4. The molecule has 88 valence electrons. The first-order chi connectivity index (χ1) is 8.19. The quantitative estimate of drug-likeness (QED) is 0.688. The maximum absolute atomic E-state index is 8.99. The smallest absolute Gasteiger partial charge is 0.200 e. The molecule has 1 saturated carbocycles. The third kappa shape index (κ3) is 1.73. The molecule has 2 aromatic rings. The molecule has 2 aromatic heterocycles. The summed E-state index contributed by atoms with van der Waals surface area (Å²) in [4.78, 5) is 11.1. The number of aliphatic hydroxyl groups excluding tert-OH is 1. The van der Waals surface area contributed by atoms with E-state index in [1.807, 2.05) is 10.8 Å². The molecule has 1 fully saturated rings. The molecule has 3 rings (SSSR count). The Morgan fingerprint density at radius 1 is 1.71 bits per heavy atom. The van der Waals surface area contributed by atoms with Crippen molar-refractivity contribution in [1.29, 1.82) is 0 Å². The van der Waals surface area contributed by atoms with E-state index in [0.717, 1.165) is 12.1 Å². The lowest BCUT2D eigenvalue weighted by atomic mass is 10.4.